The van der Waals surface area contributed by atoms with Gasteiger partial charge in [-0.15, -0.1) is 0 Å². The predicted molar refractivity (Wildman–Crippen MR) is 68.3 cm³/mol. The number of ketones is 1. The lowest BCUT2D eigenvalue weighted by Crippen LogP contribution is -2.45. The molecule has 0 fully saturated rings. The minimum atomic E-state index is -0.584. The Bertz CT molecular complexity index is 240. The topological polar surface area (TPSA) is 37.3 Å². The number of Topliss-reactive ketones (excluding diaryl/α,β-unsaturated/α-hetero) is 1. The SMILES string of the molecule is CC(C)[C@H](C(=O)C(C)(C)C)[C@H](O)C(C)(C)C. The fourth-order valence-electron chi connectivity index (χ4n) is 1.85. The molecule has 2 atom stereocenters. The molecule has 0 aliphatic carbocycles. The van der Waals surface area contributed by atoms with Crippen molar-refractivity contribution in [3.05, 3.63) is 0 Å². The second-order valence-corrected chi connectivity index (χ2v) is 7.19. The summed E-state index contributed by atoms with van der Waals surface area (Å²) in [6.45, 7) is 15.7. The average molecular weight is 228 g/mol. The molecule has 0 radical (unpaired) electrons. The van der Waals surface area contributed by atoms with Crippen molar-refractivity contribution in [2.45, 2.75) is 61.5 Å². The lowest BCUT2D eigenvalue weighted by Gasteiger charge is -2.37. The number of carbonyl (C=O) groups is 1. The van der Waals surface area contributed by atoms with Crippen molar-refractivity contribution in [1.82, 2.24) is 0 Å². The van der Waals surface area contributed by atoms with Crippen LogP contribution in [0.4, 0.5) is 0 Å². The highest BCUT2D eigenvalue weighted by molar-refractivity contribution is 5.86. The first kappa shape index (κ1) is 15.6. The monoisotopic (exact) mass is 228 g/mol. The van der Waals surface area contributed by atoms with Gasteiger partial charge in [-0.05, 0) is 11.3 Å². The van der Waals surface area contributed by atoms with Crippen LogP contribution in [0.3, 0.4) is 0 Å². The minimum Gasteiger partial charge on any atom is -0.392 e. The Balaban J connectivity index is 5.12. The van der Waals surface area contributed by atoms with Crippen LogP contribution in [0.1, 0.15) is 55.4 Å². The summed E-state index contributed by atoms with van der Waals surface area (Å²) in [6.07, 6.45) is -0.584. The van der Waals surface area contributed by atoms with Crippen molar-refractivity contribution in [3.63, 3.8) is 0 Å². The number of aliphatic hydroxyl groups excluding tert-OH is 1. The first-order valence-corrected chi connectivity index (χ1v) is 6.11. The average Bonchev–Trinajstić information content (AvgIpc) is 1.99. The van der Waals surface area contributed by atoms with Crippen LogP contribution in [0, 0.1) is 22.7 Å². The molecule has 16 heavy (non-hydrogen) atoms. The molecule has 0 aromatic heterocycles. The molecule has 0 saturated carbocycles. The van der Waals surface area contributed by atoms with Crippen LogP contribution >= 0.6 is 0 Å². The second kappa shape index (κ2) is 4.87. The van der Waals surface area contributed by atoms with Gasteiger partial charge in [-0.25, -0.2) is 0 Å². The van der Waals surface area contributed by atoms with Gasteiger partial charge in [-0.3, -0.25) is 4.79 Å². The number of aliphatic hydroxyl groups is 1. The highest BCUT2D eigenvalue weighted by Crippen LogP contribution is 2.34. The van der Waals surface area contributed by atoms with Gasteiger partial charge in [-0.1, -0.05) is 55.4 Å². The molecule has 0 unspecified atom stereocenters. The van der Waals surface area contributed by atoms with E-state index in [0.29, 0.717) is 0 Å². The van der Waals surface area contributed by atoms with E-state index in [4.69, 9.17) is 0 Å². The van der Waals surface area contributed by atoms with Gasteiger partial charge in [0, 0.05) is 11.3 Å². The predicted octanol–water partition coefficient (Wildman–Crippen LogP) is 3.28. The van der Waals surface area contributed by atoms with Crippen LogP contribution in [0.2, 0.25) is 0 Å². The van der Waals surface area contributed by atoms with Gasteiger partial charge in [-0.2, -0.15) is 0 Å². The van der Waals surface area contributed by atoms with E-state index in [-0.39, 0.29) is 28.4 Å². The molecule has 0 heterocycles. The molecule has 2 heteroatoms. The fraction of sp³-hybridized carbons (Fsp3) is 0.929. The molecular weight excluding hydrogens is 200 g/mol. The van der Waals surface area contributed by atoms with Crippen LogP contribution in [0.15, 0.2) is 0 Å². The van der Waals surface area contributed by atoms with Gasteiger partial charge in [0.15, 0.2) is 0 Å². The molecule has 96 valence electrons. The summed E-state index contributed by atoms with van der Waals surface area (Å²) in [5.74, 6) is 0.0471. The van der Waals surface area contributed by atoms with Crippen LogP contribution in [-0.2, 0) is 4.79 Å². The number of hydrogen-bond acceptors (Lipinski definition) is 2. The first-order valence-electron chi connectivity index (χ1n) is 6.11. The molecular formula is C14H28O2. The van der Waals surface area contributed by atoms with Crippen LogP contribution in [-0.4, -0.2) is 17.0 Å². The standard InChI is InChI=1S/C14H28O2/c1-9(2)10(11(15)13(3,4)5)12(16)14(6,7)8/h9-11,15H,1-8H3/t10-,11-/m0/s1. The largest absolute Gasteiger partial charge is 0.392 e. The summed E-state index contributed by atoms with van der Waals surface area (Å²) in [7, 11) is 0. The highest BCUT2D eigenvalue weighted by atomic mass is 16.3. The molecule has 0 aromatic carbocycles. The first-order chi connectivity index (χ1) is 6.89. The fourth-order valence-corrected chi connectivity index (χ4v) is 1.85. The minimum absolute atomic E-state index is 0.157. The molecule has 0 rings (SSSR count). The zero-order valence-electron chi connectivity index (χ0n) is 12.1. The van der Waals surface area contributed by atoms with E-state index in [1.54, 1.807) is 0 Å². The van der Waals surface area contributed by atoms with E-state index in [0.717, 1.165) is 0 Å². The Labute approximate surface area is 100 Å². The van der Waals surface area contributed by atoms with Gasteiger partial charge in [0.1, 0.15) is 5.78 Å². The Kier molecular flexibility index (Phi) is 4.75. The van der Waals surface area contributed by atoms with Crippen LogP contribution in [0.5, 0.6) is 0 Å². The van der Waals surface area contributed by atoms with Gasteiger partial charge in [0.25, 0.3) is 0 Å². The lowest BCUT2D eigenvalue weighted by molar-refractivity contribution is -0.139. The zero-order chi connectivity index (χ0) is 13.3. The smallest absolute Gasteiger partial charge is 0.144 e. The van der Waals surface area contributed by atoms with Gasteiger partial charge in [0.05, 0.1) is 6.10 Å². The summed E-state index contributed by atoms with van der Waals surface area (Å²) in [4.78, 5) is 12.3. The van der Waals surface area contributed by atoms with Crippen molar-refractivity contribution in [1.29, 1.82) is 0 Å². The summed E-state index contributed by atoms with van der Waals surface area (Å²) >= 11 is 0. The van der Waals surface area contributed by atoms with Gasteiger partial charge < -0.3 is 5.11 Å². The number of rotatable bonds is 3. The summed E-state index contributed by atoms with van der Waals surface area (Å²) < 4.78 is 0. The van der Waals surface area contributed by atoms with Crippen molar-refractivity contribution >= 4 is 5.78 Å². The lowest BCUT2D eigenvalue weighted by atomic mass is 9.69. The third kappa shape index (κ3) is 3.89. The molecule has 0 saturated heterocycles. The van der Waals surface area contributed by atoms with E-state index in [1.807, 2.05) is 55.4 Å². The normalized spacial score (nSPS) is 17.4. The van der Waals surface area contributed by atoms with Crippen molar-refractivity contribution in [2.75, 3.05) is 0 Å². The molecule has 0 aromatic rings. The Morgan fingerprint density at radius 2 is 1.38 bits per heavy atom. The van der Waals surface area contributed by atoms with E-state index >= 15 is 0 Å². The van der Waals surface area contributed by atoms with Crippen molar-refractivity contribution in [3.8, 4) is 0 Å². The maximum Gasteiger partial charge on any atom is 0.144 e. The zero-order valence-corrected chi connectivity index (χ0v) is 12.1. The number of hydrogen-bond donors (Lipinski definition) is 1. The molecule has 0 spiro atoms. The molecule has 1 N–H and O–H groups in total. The molecule has 0 aliphatic rings. The molecule has 0 aliphatic heterocycles. The summed E-state index contributed by atoms with van der Waals surface area (Å²) in [5.41, 5.74) is -0.642. The van der Waals surface area contributed by atoms with Crippen LogP contribution in [0.25, 0.3) is 0 Å². The molecule has 2 nitrogen and oxygen atoms in total. The van der Waals surface area contributed by atoms with Crippen molar-refractivity contribution < 1.29 is 9.90 Å². The van der Waals surface area contributed by atoms with E-state index in [9.17, 15) is 9.90 Å². The van der Waals surface area contributed by atoms with Crippen molar-refractivity contribution in [2.24, 2.45) is 22.7 Å². The summed E-state index contributed by atoms with van der Waals surface area (Å²) in [6, 6.07) is 0. The Morgan fingerprint density at radius 3 is 1.56 bits per heavy atom. The Hall–Kier alpha value is -0.370. The van der Waals surface area contributed by atoms with E-state index in [2.05, 4.69) is 0 Å². The summed E-state index contributed by atoms with van der Waals surface area (Å²) in [5, 5.41) is 10.3. The Morgan fingerprint density at radius 1 is 1.00 bits per heavy atom. The number of carbonyl (C=O) groups excluding carboxylic acids is 1. The van der Waals surface area contributed by atoms with Gasteiger partial charge in [0.2, 0.25) is 0 Å². The maximum absolute atomic E-state index is 12.3. The van der Waals surface area contributed by atoms with E-state index in [1.165, 1.54) is 0 Å². The molecule has 0 bridgehead atoms. The van der Waals surface area contributed by atoms with E-state index < -0.39 is 6.10 Å². The molecule has 0 amide bonds. The quantitative estimate of drug-likeness (QED) is 0.805. The second-order valence-electron chi connectivity index (χ2n) is 7.19. The maximum atomic E-state index is 12.3. The van der Waals surface area contributed by atoms with Gasteiger partial charge >= 0.3 is 0 Å². The third-order valence-electron chi connectivity index (χ3n) is 2.99. The third-order valence-corrected chi connectivity index (χ3v) is 2.99. The van der Waals surface area contributed by atoms with Crippen LogP contribution < -0.4 is 0 Å². The highest BCUT2D eigenvalue weighted by Gasteiger charge is 2.40.